The Hall–Kier alpha value is -3.07. The Morgan fingerprint density at radius 2 is 1.88 bits per heavy atom. The molecule has 2 aromatic carbocycles. The standard InChI is InChI=1S/C17H16N2O6S/c1-2-8-18(13-4-3-5-14(11-13)19(20)21)26(22,23)15-6-7-16-17(12-15)25-10-9-24-16/h2-7,11-12H,1,8-10H2. The van der Waals surface area contributed by atoms with Gasteiger partial charge >= 0.3 is 0 Å². The summed E-state index contributed by atoms with van der Waals surface area (Å²) < 4.78 is 38.1. The Morgan fingerprint density at radius 3 is 2.58 bits per heavy atom. The maximum Gasteiger partial charge on any atom is 0.271 e. The number of ether oxygens (including phenoxy) is 2. The second-order valence-electron chi connectivity index (χ2n) is 5.41. The Balaban J connectivity index is 2.05. The van der Waals surface area contributed by atoms with Gasteiger partial charge in [-0.2, -0.15) is 0 Å². The van der Waals surface area contributed by atoms with E-state index in [9.17, 15) is 18.5 Å². The van der Waals surface area contributed by atoms with Crippen molar-refractivity contribution in [3.63, 3.8) is 0 Å². The number of sulfonamides is 1. The number of fused-ring (bicyclic) bond motifs is 1. The van der Waals surface area contributed by atoms with E-state index >= 15 is 0 Å². The smallest absolute Gasteiger partial charge is 0.271 e. The van der Waals surface area contributed by atoms with Gasteiger partial charge in [0.15, 0.2) is 11.5 Å². The van der Waals surface area contributed by atoms with Crippen molar-refractivity contribution in [1.82, 2.24) is 0 Å². The number of hydrogen-bond acceptors (Lipinski definition) is 6. The largest absolute Gasteiger partial charge is 0.486 e. The van der Waals surface area contributed by atoms with Crippen LogP contribution < -0.4 is 13.8 Å². The first-order valence-corrected chi connectivity index (χ1v) is 9.15. The van der Waals surface area contributed by atoms with Gasteiger partial charge in [-0.3, -0.25) is 14.4 Å². The van der Waals surface area contributed by atoms with Crippen molar-refractivity contribution < 1.29 is 22.8 Å². The summed E-state index contributed by atoms with van der Waals surface area (Å²) in [5, 5.41) is 11.0. The number of anilines is 1. The molecule has 0 saturated carbocycles. The zero-order chi connectivity index (χ0) is 18.7. The highest BCUT2D eigenvalue weighted by Crippen LogP contribution is 2.34. The molecule has 0 spiro atoms. The summed E-state index contributed by atoms with van der Waals surface area (Å²) in [6.07, 6.45) is 1.41. The molecule has 0 unspecified atom stereocenters. The summed E-state index contributed by atoms with van der Waals surface area (Å²) >= 11 is 0. The number of nitro benzene ring substituents is 1. The molecular formula is C17H16N2O6S. The van der Waals surface area contributed by atoms with Crippen molar-refractivity contribution in [2.45, 2.75) is 4.90 Å². The van der Waals surface area contributed by atoms with Gasteiger partial charge in [0.2, 0.25) is 0 Å². The van der Waals surface area contributed by atoms with Crippen LogP contribution in [-0.2, 0) is 10.0 Å². The van der Waals surface area contributed by atoms with Crippen molar-refractivity contribution in [1.29, 1.82) is 0 Å². The van der Waals surface area contributed by atoms with E-state index in [1.54, 1.807) is 0 Å². The van der Waals surface area contributed by atoms with Gasteiger partial charge in [0.25, 0.3) is 15.7 Å². The van der Waals surface area contributed by atoms with Crippen LogP contribution >= 0.6 is 0 Å². The number of benzene rings is 2. The molecule has 0 amide bonds. The molecule has 0 saturated heterocycles. The lowest BCUT2D eigenvalue weighted by Gasteiger charge is -2.24. The van der Waals surface area contributed by atoms with Gasteiger partial charge in [0, 0.05) is 18.2 Å². The Bertz CT molecular complexity index is 957. The van der Waals surface area contributed by atoms with Crippen LogP contribution in [0, 0.1) is 10.1 Å². The van der Waals surface area contributed by atoms with Crippen LogP contribution in [0.4, 0.5) is 11.4 Å². The van der Waals surface area contributed by atoms with Crippen LogP contribution in [0.3, 0.4) is 0 Å². The van der Waals surface area contributed by atoms with Gasteiger partial charge in [-0.1, -0.05) is 12.1 Å². The summed E-state index contributed by atoms with van der Waals surface area (Å²) in [7, 11) is -3.99. The topological polar surface area (TPSA) is 99.0 Å². The minimum absolute atomic E-state index is 0.00453. The van der Waals surface area contributed by atoms with E-state index in [4.69, 9.17) is 9.47 Å². The van der Waals surface area contributed by atoms with Crippen LogP contribution in [0.1, 0.15) is 0 Å². The summed E-state index contributed by atoms with van der Waals surface area (Å²) in [6, 6.07) is 9.76. The van der Waals surface area contributed by atoms with E-state index in [2.05, 4.69) is 6.58 Å². The van der Waals surface area contributed by atoms with Crippen molar-refractivity contribution in [2.24, 2.45) is 0 Å². The molecule has 0 aromatic heterocycles. The highest BCUT2D eigenvalue weighted by molar-refractivity contribution is 7.92. The second-order valence-corrected chi connectivity index (χ2v) is 7.27. The molecule has 0 aliphatic carbocycles. The van der Waals surface area contributed by atoms with Crippen LogP contribution in [0.2, 0.25) is 0 Å². The number of nitro groups is 1. The van der Waals surface area contributed by atoms with Gasteiger partial charge in [0.05, 0.1) is 22.1 Å². The van der Waals surface area contributed by atoms with E-state index in [0.29, 0.717) is 24.7 Å². The lowest BCUT2D eigenvalue weighted by molar-refractivity contribution is -0.384. The van der Waals surface area contributed by atoms with Crippen LogP contribution in [0.5, 0.6) is 11.5 Å². The maximum atomic E-state index is 13.1. The predicted molar refractivity (Wildman–Crippen MR) is 95.3 cm³/mol. The van der Waals surface area contributed by atoms with Gasteiger partial charge in [-0.05, 0) is 18.2 Å². The number of hydrogen-bond donors (Lipinski definition) is 0. The highest BCUT2D eigenvalue weighted by Gasteiger charge is 2.27. The predicted octanol–water partition coefficient (Wildman–Crippen LogP) is 2.75. The molecule has 2 aromatic rings. The zero-order valence-corrected chi connectivity index (χ0v) is 14.5. The number of non-ortho nitro benzene ring substituents is 1. The fraction of sp³-hybridized carbons (Fsp3) is 0.176. The fourth-order valence-electron chi connectivity index (χ4n) is 2.53. The summed E-state index contributed by atoms with van der Waals surface area (Å²) in [6.45, 7) is 4.26. The summed E-state index contributed by atoms with van der Waals surface area (Å²) in [5.74, 6) is 0.815. The molecule has 0 fully saturated rings. The van der Waals surface area contributed by atoms with Crippen molar-refractivity contribution in [3.8, 4) is 11.5 Å². The quantitative estimate of drug-likeness (QED) is 0.437. The lowest BCUT2D eigenvalue weighted by Crippen LogP contribution is -2.31. The van der Waals surface area contributed by atoms with Crippen molar-refractivity contribution in [2.75, 3.05) is 24.1 Å². The normalized spacial score (nSPS) is 13.1. The molecule has 1 heterocycles. The fourth-order valence-corrected chi connectivity index (χ4v) is 3.98. The third-order valence-corrected chi connectivity index (χ3v) is 5.51. The SMILES string of the molecule is C=CCN(c1cccc([N+](=O)[O-])c1)S(=O)(=O)c1ccc2c(c1)OCCO2. The molecule has 0 atom stereocenters. The first-order valence-electron chi connectivity index (χ1n) is 7.71. The molecule has 9 heteroatoms. The summed E-state index contributed by atoms with van der Waals surface area (Å²) in [4.78, 5) is 10.4. The van der Waals surface area contributed by atoms with Crippen LogP contribution in [-0.4, -0.2) is 33.1 Å². The average molecular weight is 376 g/mol. The minimum atomic E-state index is -3.99. The molecule has 26 heavy (non-hydrogen) atoms. The minimum Gasteiger partial charge on any atom is -0.486 e. The van der Waals surface area contributed by atoms with E-state index in [1.165, 1.54) is 48.5 Å². The first-order chi connectivity index (χ1) is 12.4. The third-order valence-electron chi connectivity index (χ3n) is 3.73. The van der Waals surface area contributed by atoms with Crippen molar-refractivity contribution in [3.05, 3.63) is 65.2 Å². The molecule has 0 bridgehead atoms. The van der Waals surface area contributed by atoms with Crippen LogP contribution in [0.25, 0.3) is 0 Å². The van der Waals surface area contributed by atoms with Gasteiger partial charge < -0.3 is 9.47 Å². The molecule has 1 aliphatic heterocycles. The van der Waals surface area contributed by atoms with E-state index in [0.717, 1.165) is 4.31 Å². The number of rotatable bonds is 6. The Kier molecular flexibility index (Phi) is 4.81. The Morgan fingerprint density at radius 1 is 1.15 bits per heavy atom. The monoisotopic (exact) mass is 376 g/mol. The maximum absolute atomic E-state index is 13.1. The zero-order valence-electron chi connectivity index (χ0n) is 13.7. The van der Waals surface area contributed by atoms with Gasteiger partial charge in [0.1, 0.15) is 13.2 Å². The highest BCUT2D eigenvalue weighted by atomic mass is 32.2. The van der Waals surface area contributed by atoms with Gasteiger partial charge in [-0.25, -0.2) is 8.42 Å². The third kappa shape index (κ3) is 3.33. The molecule has 1 aliphatic rings. The lowest BCUT2D eigenvalue weighted by atomic mass is 10.3. The van der Waals surface area contributed by atoms with E-state index < -0.39 is 14.9 Å². The Labute approximate surface area is 150 Å². The van der Waals surface area contributed by atoms with E-state index in [1.807, 2.05) is 0 Å². The molecule has 136 valence electrons. The van der Waals surface area contributed by atoms with E-state index in [-0.39, 0.29) is 22.8 Å². The first kappa shape index (κ1) is 17.7. The molecular weight excluding hydrogens is 360 g/mol. The number of nitrogens with zero attached hydrogens (tertiary/aromatic N) is 2. The molecule has 8 nitrogen and oxygen atoms in total. The second kappa shape index (κ2) is 7.04. The molecule has 0 N–H and O–H groups in total. The van der Waals surface area contributed by atoms with Gasteiger partial charge in [-0.15, -0.1) is 6.58 Å². The summed E-state index contributed by atoms with van der Waals surface area (Å²) in [5.41, 5.74) is -0.0251. The van der Waals surface area contributed by atoms with Crippen LogP contribution in [0.15, 0.2) is 60.0 Å². The molecule has 0 radical (unpaired) electrons. The van der Waals surface area contributed by atoms with Crippen molar-refractivity contribution >= 4 is 21.4 Å². The molecule has 3 rings (SSSR count). The average Bonchev–Trinajstić information content (AvgIpc) is 2.65.